The normalized spacial score (nSPS) is 11.5. The molecule has 30 heavy (non-hydrogen) atoms. The minimum absolute atomic E-state index is 0.00402. The monoisotopic (exact) mass is 416 g/mol. The molecule has 1 atom stereocenters. The van der Waals surface area contributed by atoms with Crippen LogP contribution >= 0.6 is 0 Å². The zero-order chi connectivity index (χ0) is 21.9. The lowest BCUT2D eigenvalue weighted by atomic mass is 10.1. The Morgan fingerprint density at radius 1 is 1.13 bits per heavy atom. The van der Waals surface area contributed by atoms with Gasteiger partial charge in [-0.1, -0.05) is 38.1 Å². The van der Waals surface area contributed by atoms with Gasteiger partial charge in [0.2, 0.25) is 5.91 Å². The second-order valence-corrected chi connectivity index (χ2v) is 6.81. The van der Waals surface area contributed by atoms with Crippen LogP contribution in [0.3, 0.4) is 0 Å². The number of nitrogens with one attached hydrogen (secondary N) is 1. The van der Waals surface area contributed by atoms with Crippen LogP contribution in [0.2, 0.25) is 0 Å². The molecule has 2 aromatic rings. The molecule has 0 aliphatic carbocycles. The van der Waals surface area contributed by atoms with Gasteiger partial charge in [0.1, 0.15) is 11.8 Å². The lowest BCUT2D eigenvalue weighted by molar-refractivity contribution is -0.143. The molecule has 0 saturated carbocycles. The topological polar surface area (TPSA) is 67.9 Å². The van der Waals surface area contributed by atoms with Crippen LogP contribution in [0.15, 0.2) is 48.5 Å². The standard InChI is InChI=1S/C23H29FN2O4/c1-4-13-25-23(28)20(5-2)26(15-17-9-8-10-18(14-17)29-3)22(27)16-30-21-12-7-6-11-19(21)24/h6-12,14,20H,4-5,13,15-16H2,1-3H3,(H,25,28). The molecule has 1 unspecified atom stereocenters. The highest BCUT2D eigenvalue weighted by Crippen LogP contribution is 2.19. The molecule has 0 radical (unpaired) electrons. The quantitative estimate of drug-likeness (QED) is 0.608. The molecule has 0 aromatic heterocycles. The van der Waals surface area contributed by atoms with Crippen molar-refractivity contribution in [3.8, 4) is 11.5 Å². The van der Waals surface area contributed by atoms with Crippen LogP contribution in [0, 0.1) is 5.82 Å². The van der Waals surface area contributed by atoms with E-state index in [1.54, 1.807) is 19.2 Å². The Kier molecular flexibility index (Phi) is 9.12. The molecule has 0 heterocycles. The molecule has 6 nitrogen and oxygen atoms in total. The van der Waals surface area contributed by atoms with Gasteiger partial charge in [0, 0.05) is 13.1 Å². The first-order valence-electron chi connectivity index (χ1n) is 10.1. The number of halogens is 1. The van der Waals surface area contributed by atoms with E-state index in [1.807, 2.05) is 38.1 Å². The van der Waals surface area contributed by atoms with E-state index in [1.165, 1.54) is 17.0 Å². The largest absolute Gasteiger partial charge is 0.497 e. The van der Waals surface area contributed by atoms with Crippen molar-refractivity contribution in [1.29, 1.82) is 0 Å². The summed E-state index contributed by atoms with van der Waals surface area (Å²) in [5.41, 5.74) is 0.815. The Labute approximate surface area is 177 Å². The van der Waals surface area contributed by atoms with E-state index in [9.17, 15) is 14.0 Å². The summed E-state index contributed by atoms with van der Waals surface area (Å²) in [6, 6.07) is 12.5. The summed E-state index contributed by atoms with van der Waals surface area (Å²) in [5, 5.41) is 2.85. The van der Waals surface area contributed by atoms with Crippen LogP contribution in [0.1, 0.15) is 32.3 Å². The lowest BCUT2D eigenvalue weighted by Gasteiger charge is -2.30. The molecule has 0 saturated heterocycles. The predicted octanol–water partition coefficient (Wildman–Crippen LogP) is 3.55. The minimum Gasteiger partial charge on any atom is -0.497 e. The molecule has 0 bridgehead atoms. The zero-order valence-electron chi connectivity index (χ0n) is 17.7. The van der Waals surface area contributed by atoms with E-state index in [0.717, 1.165) is 12.0 Å². The second kappa shape index (κ2) is 11.8. The summed E-state index contributed by atoms with van der Waals surface area (Å²) in [4.78, 5) is 27.2. The van der Waals surface area contributed by atoms with E-state index in [2.05, 4.69) is 5.32 Å². The maximum Gasteiger partial charge on any atom is 0.261 e. The maximum absolute atomic E-state index is 13.8. The van der Waals surface area contributed by atoms with E-state index >= 15 is 0 Å². The average Bonchev–Trinajstić information content (AvgIpc) is 2.76. The van der Waals surface area contributed by atoms with Crippen molar-refractivity contribution in [1.82, 2.24) is 10.2 Å². The average molecular weight is 416 g/mol. The third-order valence-corrected chi connectivity index (χ3v) is 4.61. The number of hydrogen-bond donors (Lipinski definition) is 1. The summed E-state index contributed by atoms with van der Waals surface area (Å²) in [7, 11) is 1.57. The third kappa shape index (κ3) is 6.47. The molecule has 0 aliphatic heterocycles. The van der Waals surface area contributed by atoms with Crippen molar-refractivity contribution >= 4 is 11.8 Å². The number of carbonyl (C=O) groups is 2. The van der Waals surface area contributed by atoms with Gasteiger partial charge in [0.05, 0.1) is 7.11 Å². The molecule has 162 valence electrons. The van der Waals surface area contributed by atoms with Crippen molar-refractivity contribution < 1.29 is 23.5 Å². The fraction of sp³-hybridized carbons (Fsp3) is 0.391. The van der Waals surface area contributed by atoms with Gasteiger partial charge in [0.15, 0.2) is 18.2 Å². The molecule has 2 amide bonds. The van der Waals surface area contributed by atoms with Gasteiger partial charge in [-0.3, -0.25) is 9.59 Å². The predicted molar refractivity (Wildman–Crippen MR) is 113 cm³/mol. The Hall–Kier alpha value is -3.09. The van der Waals surface area contributed by atoms with Crippen molar-refractivity contribution in [2.45, 2.75) is 39.3 Å². The number of ether oxygens (including phenoxy) is 2. The van der Waals surface area contributed by atoms with Gasteiger partial charge in [0.25, 0.3) is 5.91 Å². The molecular weight excluding hydrogens is 387 g/mol. The van der Waals surface area contributed by atoms with Gasteiger partial charge in [-0.2, -0.15) is 0 Å². The van der Waals surface area contributed by atoms with Crippen molar-refractivity contribution in [3.05, 3.63) is 59.9 Å². The number of rotatable bonds is 11. The number of hydrogen-bond acceptors (Lipinski definition) is 4. The fourth-order valence-electron chi connectivity index (χ4n) is 3.04. The number of benzene rings is 2. The van der Waals surface area contributed by atoms with E-state index in [4.69, 9.17) is 9.47 Å². The summed E-state index contributed by atoms with van der Waals surface area (Å²) < 4.78 is 24.5. The number of carbonyl (C=O) groups excluding carboxylic acids is 2. The summed E-state index contributed by atoms with van der Waals surface area (Å²) in [6.45, 7) is 4.17. The molecule has 2 rings (SSSR count). The molecule has 1 N–H and O–H groups in total. The fourth-order valence-corrected chi connectivity index (χ4v) is 3.04. The first-order valence-corrected chi connectivity index (χ1v) is 10.1. The van der Waals surface area contributed by atoms with Crippen LogP contribution in [0.25, 0.3) is 0 Å². The van der Waals surface area contributed by atoms with Crippen molar-refractivity contribution in [3.63, 3.8) is 0 Å². The minimum atomic E-state index is -0.667. The third-order valence-electron chi connectivity index (χ3n) is 4.61. The van der Waals surface area contributed by atoms with Gasteiger partial charge in [-0.15, -0.1) is 0 Å². The van der Waals surface area contributed by atoms with Crippen LogP contribution in [0.4, 0.5) is 4.39 Å². The van der Waals surface area contributed by atoms with Gasteiger partial charge in [-0.25, -0.2) is 4.39 Å². The molecule has 0 spiro atoms. The highest BCUT2D eigenvalue weighted by molar-refractivity contribution is 5.88. The van der Waals surface area contributed by atoms with Crippen LogP contribution < -0.4 is 14.8 Å². The molecule has 0 aliphatic rings. The number of methoxy groups -OCH3 is 1. The summed E-state index contributed by atoms with van der Waals surface area (Å²) in [5.74, 6) is -0.514. The van der Waals surface area contributed by atoms with Crippen LogP contribution in [-0.2, 0) is 16.1 Å². The summed E-state index contributed by atoms with van der Waals surface area (Å²) >= 11 is 0. The number of nitrogens with zero attached hydrogens (tertiary/aromatic N) is 1. The number of amides is 2. The smallest absolute Gasteiger partial charge is 0.261 e. The Morgan fingerprint density at radius 2 is 1.90 bits per heavy atom. The first kappa shape index (κ1) is 23.2. The lowest BCUT2D eigenvalue weighted by Crippen LogP contribution is -2.50. The highest BCUT2D eigenvalue weighted by atomic mass is 19.1. The van der Waals surface area contributed by atoms with Crippen molar-refractivity contribution in [2.24, 2.45) is 0 Å². The Morgan fingerprint density at radius 3 is 2.57 bits per heavy atom. The van der Waals surface area contributed by atoms with Crippen molar-refractivity contribution in [2.75, 3.05) is 20.3 Å². The molecule has 2 aromatic carbocycles. The first-order chi connectivity index (χ1) is 14.5. The second-order valence-electron chi connectivity index (χ2n) is 6.81. The Balaban J connectivity index is 2.22. The van der Waals surface area contributed by atoms with Crippen LogP contribution in [-0.4, -0.2) is 43.0 Å². The zero-order valence-corrected chi connectivity index (χ0v) is 17.7. The van der Waals surface area contributed by atoms with E-state index in [0.29, 0.717) is 18.7 Å². The number of para-hydroxylation sites is 1. The Bertz CT molecular complexity index is 843. The van der Waals surface area contributed by atoms with Gasteiger partial charge >= 0.3 is 0 Å². The van der Waals surface area contributed by atoms with E-state index < -0.39 is 17.8 Å². The maximum atomic E-state index is 13.8. The van der Waals surface area contributed by atoms with Crippen LogP contribution in [0.5, 0.6) is 11.5 Å². The van der Waals surface area contributed by atoms with Gasteiger partial charge in [-0.05, 0) is 42.7 Å². The molecule has 0 fully saturated rings. The molecular formula is C23H29FN2O4. The SMILES string of the molecule is CCCNC(=O)C(CC)N(Cc1cccc(OC)c1)C(=O)COc1ccccc1F. The summed E-state index contributed by atoms with van der Waals surface area (Å²) in [6.07, 6.45) is 1.23. The van der Waals surface area contributed by atoms with Gasteiger partial charge < -0.3 is 19.7 Å². The highest BCUT2D eigenvalue weighted by Gasteiger charge is 2.29. The molecule has 7 heteroatoms. The van der Waals surface area contributed by atoms with E-state index in [-0.39, 0.29) is 24.8 Å².